The van der Waals surface area contributed by atoms with Gasteiger partial charge in [-0.05, 0) is 41.5 Å². The van der Waals surface area contributed by atoms with Crippen LogP contribution < -0.4 is 25.8 Å². The number of ketones is 1. The van der Waals surface area contributed by atoms with Gasteiger partial charge in [-0.15, -0.1) is 0 Å². The van der Waals surface area contributed by atoms with E-state index in [0.29, 0.717) is 58.2 Å². The minimum atomic E-state index is -0.552. The van der Waals surface area contributed by atoms with Crippen LogP contribution in [0.1, 0.15) is 38.2 Å². The van der Waals surface area contributed by atoms with E-state index < -0.39 is 11.7 Å². The third kappa shape index (κ3) is 5.08. The number of carbonyl (C=O) groups excluding carboxylic acids is 2. The van der Waals surface area contributed by atoms with Gasteiger partial charge in [-0.25, -0.2) is 4.98 Å². The smallest absolute Gasteiger partial charge is 0.299 e. The first-order valence-electron chi connectivity index (χ1n) is 12.1. The van der Waals surface area contributed by atoms with E-state index in [-0.39, 0.29) is 5.95 Å². The molecule has 3 aromatic carbocycles. The van der Waals surface area contributed by atoms with Gasteiger partial charge in [-0.2, -0.15) is 4.98 Å². The van der Waals surface area contributed by atoms with Gasteiger partial charge >= 0.3 is 0 Å². The second kappa shape index (κ2) is 10.6. The molecular weight excluding hydrogens is 494 g/mol. The Hall–Kier alpha value is -5.36. The van der Waals surface area contributed by atoms with Crippen LogP contribution in [-0.2, 0) is 17.8 Å². The highest BCUT2D eigenvalue weighted by molar-refractivity contribution is 6.52. The molecule has 2 heterocycles. The summed E-state index contributed by atoms with van der Waals surface area (Å²) in [5.41, 5.74) is 16.2. The lowest BCUT2D eigenvalue weighted by Gasteiger charge is -2.16. The van der Waals surface area contributed by atoms with Crippen LogP contribution in [0.2, 0.25) is 0 Å². The van der Waals surface area contributed by atoms with Gasteiger partial charge in [0.15, 0.2) is 11.5 Å². The summed E-state index contributed by atoms with van der Waals surface area (Å²) in [6.45, 7) is 0.316. The second-order valence-corrected chi connectivity index (χ2v) is 8.88. The number of carbonyl (C=O) groups is 2. The fourth-order valence-corrected chi connectivity index (χ4v) is 4.45. The number of fused-ring (bicyclic) bond motifs is 1. The average Bonchev–Trinajstić information content (AvgIpc) is 3.17. The van der Waals surface area contributed by atoms with Gasteiger partial charge in [0.2, 0.25) is 5.95 Å². The standard InChI is InChI=1S/C30H25N5O4/c1-38-25-15-20(13-22-16-33-30(32)34-28(22)31)12-21(27(25)39-2)10-8-18-9-11-24-23(14-18)26(36)29(37)35(24)17-19-6-4-3-5-7-19/h3-7,9,11-12,14-16H,13,17H2,1-2H3,(H4,31,32,33,34). The maximum atomic E-state index is 12.8. The van der Waals surface area contributed by atoms with Crippen molar-refractivity contribution in [3.63, 3.8) is 0 Å². The van der Waals surface area contributed by atoms with E-state index in [4.69, 9.17) is 20.9 Å². The number of methoxy groups -OCH3 is 2. The van der Waals surface area contributed by atoms with Gasteiger partial charge in [0, 0.05) is 23.7 Å². The van der Waals surface area contributed by atoms with Crippen LogP contribution in [0, 0.1) is 11.8 Å². The molecule has 4 aromatic rings. The molecule has 1 aliphatic heterocycles. The molecule has 0 unspecified atom stereocenters. The van der Waals surface area contributed by atoms with Crippen LogP contribution in [0.5, 0.6) is 11.5 Å². The molecule has 39 heavy (non-hydrogen) atoms. The molecule has 194 valence electrons. The number of nitrogens with two attached hydrogens (primary N) is 2. The van der Waals surface area contributed by atoms with Crippen molar-refractivity contribution in [3.8, 4) is 23.3 Å². The summed E-state index contributed by atoms with van der Waals surface area (Å²) in [5, 5.41) is 0. The molecule has 5 rings (SSSR count). The van der Waals surface area contributed by atoms with Gasteiger partial charge in [0.25, 0.3) is 11.7 Å². The average molecular weight is 520 g/mol. The van der Waals surface area contributed by atoms with Crippen molar-refractivity contribution < 1.29 is 19.1 Å². The van der Waals surface area contributed by atoms with Crippen molar-refractivity contribution >= 4 is 29.1 Å². The first kappa shape index (κ1) is 25.3. The maximum Gasteiger partial charge on any atom is 0.299 e. The first-order valence-corrected chi connectivity index (χ1v) is 12.1. The fraction of sp³-hybridized carbons (Fsp3) is 0.133. The molecule has 1 aromatic heterocycles. The summed E-state index contributed by atoms with van der Waals surface area (Å²) >= 11 is 0. The Bertz CT molecular complexity index is 1660. The Kier molecular flexibility index (Phi) is 6.85. The van der Waals surface area contributed by atoms with Crippen molar-refractivity contribution in [1.82, 2.24) is 9.97 Å². The third-order valence-corrected chi connectivity index (χ3v) is 6.35. The fourth-order valence-electron chi connectivity index (χ4n) is 4.45. The highest BCUT2D eigenvalue weighted by atomic mass is 16.5. The Balaban J connectivity index is 1.47. The van der Waals surface area contributed by atoms with Crippen LogP contribution in [0.15, 0.2) is 66.9 Å². The Morgan fingerprint density at radius 2 is 1.72 bits per heavy atom. The van der Waals surface area contributed by atoms with Crippen LogP contribution >= 0.6 is 0 Å². The summed E-state index contributed by atoms with van der Waals surface area (Å²) in [5.74, 6) is 6.49. The summed E-state index contributed by atoms with van der Waals surface area (Å²) in [6, 6.07) is 18.4. The molecule has 0 saturated carbocycles. The minimum Gasteiger partial charge on any atom is -0.493 e. The van der Waals surface area contributed by atoms with Crippen molar-refractivity contribution in [2.45, 2.75) is 13.0 Å². The zero-order valence-corrected chi connectivity index (χ0v) is 21.4. The molecule has 0 radical (unpaired) electrons. The Labute approximate surface area is 225 Å². The minimum absolute atomic E-state index is 0.104. The lowest BCUT2D eigenvalue weighted by atomic mass is 10.0. The van der Waals surface area contributed by atoms with Crippen molar-refractivity contribution in [3.05, 3.63) is 100 Å². The number of anilines is 3. The topological polar surface area (TPSA) is 134 Å². The van der Waals surface area contributed by atoms with E-state index in [1.807, 2.05) is 42.5 Å². The largest absolute Gasteiger partial charge is 0.493 e. The highest BCUT2D eigenvalue weighted by Gasteiger charge is 2.35. The molecule has 0 fully saturated rings. The molecule has 1 aliphatic rings. The molecule has 0 saturated heterocycles. The number of hydrogen-bond acceptors (Lipinski definition) is 8. The van der Waals surface area contributed by atoms with Crippen LogP contribution in [0.25, 0.3) is 0 Å². The number of nitrogens with zero attached hydrogens (tertiary/aromatic N) is 3. The Morgan fingerprint density at radius 3 is 2.44 bits per heavy atom. The van der Waals surface area contributed by atoms with E-state index in [2.05, 4.69) is 21.8 Å². The molecular formula is C30H25N5O4. The van der Waals surface area contributed by atoms with E-state index in [1.54, 1.807) is 31.5 Å². The van der Waals surface area contributed by atoms with Gasteiger partial charge in [0.05, 0.1) is 37.6 Å². The molecule has 1 amide bonds. The van der Waals surface area contributed by atoms with E-state index in [1.165, 1.54) is 12.0 Å². The predicted molar refractivity (Wildman–Crippen MR) is 148 cm³/mol. The van der Waals surface area contributed by atoms with Gasteiger partial charge in [-0.1, -0.05) is 42.2 Å². The quantitative estimate of drug-likeness (QED) is 0.293. The Morgan fingerprint density at radius 1 is 0.923 bits per heavy atom. The van der Waals surface area contributed by atoms with Gasteiger partial charge in [-0.3, -0.25) is 9.59 Å². The lowest BCUT2D eigenvalue weighted by Crippen LogP contribution is -2.29. The zero-order chi connectivity index (χ0) is 27.5. The van der Waals surface area contributed by atoms with E-state index in [0.717, 1.165) is 11.1 Å². The first-order chi connectivity index (χ1) is 18.9. The van der Waals surface area contributed by atoms with Crippen molar-refractivity contribution in [2.24, 2.45) is 0 Å². The highest BCUT2D eigenvalue weighted by Crippen LogP contribution is 2.34. The predicted octanol–water partition coefficient (Wildman–Crippen LogP) is 3.38. The van der Waals surface area contributed by atoms with Crippen LogP contribution in [0.4, 0.5) is 17.5 Å². The van der Waals surface area contributed by atoms with Gasteiger partial charge in [0.1, 0.15) is 5.82 Å². The molecule has 0 bridgehead atoms. The molecule has 9 nitrogen and oxygen atoms in total. The molecule has 4 N–H and O–H groups in total. The summed E-state index contributed by atoms with van der Waals surface area (Å²) < 4.78 is 11.1. The van der Waals surface area contributed by atoms with Crippen LogP contribution in [-0.4, -0.2) is 35.9 Å². The molecule has 0 aliphatic carbocycles. The number of nitrogen functional groups attached to an aromatic ring is 2. The monoisotopic (exact) mass is 519 g/mol. The normalized spacial score (nSPS) is 12.1. The summed E-state index contributed by atoms with van der Waals surface area (Å²) in [4.78, 5) is 35.0. The summed E-state index contributed by atoms with van der Waals surface area (Å²) in [7, 11) is 3.08. The number of rotatable bonds is 6. The number of aromatic nitrogens is 2. The second-order valence-electron chi connectivity index (χ2n) is 8.88. The summed E-state index contributed by atoms with van der Waals surface area (Å²) in [6.07, 6.45) is 2.01. The molecule has 9 heteroatoms. The number of Topliss-reactive ketones (excluding diaryl/α,β-unsaturated/α-hetero) is 1. The lowest BCUT2D eigenvalue weighted by molar-refractivity contribution is -0.114. The zero-order valence-electron chi connectivity index (χ0n) is 21.4. The third-order valence-electron chi connectivity index (χ3n) is 6.35. The molecule has 0 atom stereocenters. The van der Waals surface area contributed by atoms with E-state index in [9.17, 15) is 9.59 Å². The number of benzene rings is 3. The number of hydrogen-bond donors (Lipinski definition) is 2. The molecule has 0 spiro atoms. The SMILES string of the molecule is COc1cc(Cc2cnc(N)nc2N)cc(C#Cc2ccc3c(c2)C(=O)C(=O)N3Cc2ccccc2)c1OC. The maximum absolute atomic E-state index is 12.8. The van der Waals surface area contributed by atoms with Crippen molar-refractivity contribution in [2.75, 3.05) is 30.6 Å². The number of amides is 1. The number of ether oxygens (including phenoxy) is 2. The van der Waals surface area contributed by atoms with Crippen molar-refractivity contribution in [1.29, 1.82) is 0 Å². The van der Waals surface area contributed by atoms with Gasteiger partial charge < -0.3 is 25.8 Å². The van der Waals surface area contributed by atoms with E-state index >= 15 is 0 Å². The van der Waals surface area contributed by atoms with Crippen LogP contribution in [0.3, 0.4) is 0 Å².